The molecule has 0 aliphatic heterocycles. The van der Waals surface area contributed by atoms with Gasteiger partial charge >= 0.3 is 6.09 Å². The fourth-order valence-corrected chi connectivity index (χ4v) is 1.25. The highest BCUT2D eigenvalue weighted by Gasteiger charge is 2.03. The lowest BCUT2D eigenvalue weighted by atomic mass is 10.4. The van der Waals surface area contributed by atoms with E-state index in [1.165, 1.54) is 0 Å². The van der Waals surface area contributed by atoms with E-state index in [1.807, 2.05) is 0 Å². The molecule has 0 atom stereocenters. The van der Waals surface area contributed by atoms with Gasteiger partial charge in [-0.3, -0.25) is 0 Å². The van der Waals surface area contributed by atoms with Gasteiger partial charge in [-0.2, -0.15) is 0 Å². The summed E-state index contributed by atoms with van der Waals surface area (Å²) in [5.74, 6) is 0. The Morgan fingerprint density at radius 2 is 2.13 bits per heavy atom. The Kier molecular flexibility index (Phi) is 9.21. The molecule has 1 amide bonds. The summed E-state index contributed by atoms with van der Waals surface area (Å²) in [5.41, 5.74) is 0. The molecule has 5 nitrogen and oxygen atoms in total. The smallest absolute Gasteiger partial charge is 0.407 e. The maximum atomic E-state index is 11.0. The van der Waals surface area contributed by atoms with E-state index in [1.54, 1.807) is 0 Å². The third kappa shape index (κ3) is 8.20. The van der Waals surface area contributed by atoms with Crippen molar-refractivity contribution in [1.82, 2.24) is 10.2 Å². The van der Waals surface area contributed by atoms with Crippen LogP contribution in [-0.2, 0) is 4.74 Å². The maximum Gasteiger partial charge on any atom is 0.407 e. The molecule has 0 aliphatic rings. The Morgan fingerprint density at radius 1 is 1.40 bits per heavy atom. The summed E-state index contributed by atoms with van der Waals surface area (Å²) in [7, 11) is 0. The first-order valence-corrected chi connectivity index (χ1v) is 5.48. The van der Waals surface area contributed by atoms with E-state index >= 15 is 0 Å². The van der Waals surface area contributed by atoms with Crippen molar-refractivity contribution in [2.24, 2.45) is 0 Å². The van der Waals surface area contributed by atoms with E-state index in [9.17, 15) is 4.79 Å². The van der Waals surface area contributed by atoms with Gasteiger partial charge in [0.05, 0.1) is 6.61 Å². The lowest BCUT2D eigenvalue weighted by Crippen LogP contribution is -2.35. The van der Waals surface area contributed by atoms with Gasteiger partial charge < -0.3 is 20.1 Å². The van der Waals surface area contributed by atoms with Crippen molar-refractivity contribution in [3.8, 4) is 0 Å². The van der Waals surface area contributed by atoms with E-state index in [0.29, 0.717) is 6.54 Å². The molecule has 0 fully saturated rings. The minimum atomic E-state index is -0.461. The highest BCUT2D eigenvalue weighted by atomic mass is 16.6. The number of likely N-dealkylation sites (N-methyl/N-ethyl adjacent to an activating group) is 1. The Balaban J connectivity index is 3.45. The summed E-state index contributed by atoms with van der Waals surface area (Å²) < 4.78 is 4.65. The van der Waals surface area contributed by atoms with Crippen molar-refractivity contribution in [2.75, 3.05) is 39.4 Å². The van der Waals surface area contributed by atoms with Gasteiger partial charge in [0.1, 0.15) is 6.61 Å². The van der Waals surface area contributed by atoms with Gasteiger partial charge in [0.25, 0.3) is 0 Å². The average molecular weight is 218 g/mol. The highest BCUT2D eigenvalue weighted by molar-refractivity contribution is 5.67. The van der Waals surface area contributed by atoms with Crippen LogP contribution < -0.4 is 5.32 Å². The van der Waals surface area contributed by atoms with E-state index < -0.39 is 6.09 Å². The average Bonchev–Trinajstić information content (AvgIpc) is 2.25. The van der Waals surface area contributed by atoms with Gasteiger partial charge in [0.2, 0.25) is 0 Å². The Bertz CT molecular complexity index is 165. The lowest BCUT2D eigenvalue weighted by molar-refractivity contribution is 0.118. The standard InChI is InChI=1S/C10H22N2O3/c1-3-6-12(4-2)7-5-11-10(14)15-9-8-13/h13H,3-9H2,1-2H3,(H,11,14). The first-order valence-electron chi connectivity index (χ1n) is 5.48. The molecule has 0 spiro atoms. The fourth-order valence-electron chi connectivity index (χ4n) is 1.25. The highest BCUT2D eigenvalue weighted by Crippen LogP contribution is 1.89. The number of aliphatic hydroxyl groups is 1. The number of amides is 1. The molecule has 15 heavy (non-hydrogen) atoms. The first-order chi connectivity index (χ1) is 7.24. The minimum absolute atomic E-state index is 0.0539. The van der Waals surface area contributed by atoms with Crippen molar-refractivity contribution >= 4 is 6.09 Å². The van der Waals surface area contributed by atoms with Crippen molar-refractivity contribution < 1.29 is 14.6 Å². The van der Waals surface area contributed by atoms with Crippen LogP contribution in [-0.4, -0.2) is 55.5 Å². The van der Waals surface area contributed by atoms with Crippen LogP contribution in [0.15, 0.2) is 0 Å². The zero-order valence-corrected chi connectivity index (χ0v) is 9.66. The predicted molar refractivity (Wildman–Crippen MR) is 58.8 cm³/mol. The number of nitrogens with zero attached hydrogens (tertiary/aromatic N) is 1. The number of carbonyl (C=O) groups is 1. The van der Waals surface area contributed by atoms with Gasteiger partial charge in [-0.1, -0.05) is 13.8 Å². The van der Waals surface area contributed by atoms with Gasteiger partial charge in [0, 0.05) is 13.1 Å². The molecule has 0 radical (unpaired) electrons. The number of rotatable bonds is 8. The number of hydrogen-bond acceptors (Lipinski definition) is 4. The van der Waals surface area contributed by atoms with Crippen molar-refractivity contribution in [3.05, 3.63) is 0 Å². The summed E-state index contributed by atoms with van der Waals surface area (Å²) in [6.45, 7) is 7.59. The largest absolute Gasteiger partial charge is 0.447 e. The number of ether oxygens (including phenoxy) is 1. The molecule has 0 bridgehead atoms. The van der Waals surface area contributed by atoms with Crippen molar-refractivity contribution in [3.63, 3.8) is 0 Å². The molecule has 0 saturated heterocycles. The van der Waals surface area contributed by atoms with Gasteiger partial charge in [0.15, 0.2) is 0 Å². The van der Waals surface area contributed by atoms with Crippen LogP contribution in [0.3, 0.4) is 0 Å². The molecule has 0 rings (SSSR count). The summed E-state index contributed by atoms with van der Waals surface area (Å²) in [6.07, 6.45) is 0.652. The molecule has 0 aromatic rings. The van der Waals surface area contributed by atoms with Crippen LogP contribution in [0.4, 0.5) is 4.79 Å². The molecule has 0 unspecified atom stereocenters. The summed E-state index contributed by atoms with van der Waals surface area (Å²) in [5, 5.41) is 11.1. The van der Waals surface area contributed by atoms with Gasteiger partial charge in [-0.05, 0) is 19.5 Å². The maximum absolute atomic E-state index is 11.0. The third-order valence-electron chi connectivity index (χ3n) is 2.01. The number of alkyl carbamates (subject to hydrolysis) is 1. The van der Waals surface area contributed by atoms with E-state index in [4.69, 9.17) is 5.11 Å². The lowest BCUT2D eigenvalue weighted by Gasteiger charge is -2.19. The SMILES string of the molecule is CCCN(CC)CCNC(=O)OCCO. The molecule has 0 heterocycles. The number of carbonyl (C=O) groups excluding carboxylic acids is 1. The molecule has 0 aromatic carbocycles. The zero-order chi connectivity index (χ0) is 11.5. The van der Waals surface area contributed by atoms with Gasteiger partial charge in [-0.15, -0.1) is 0 Å². The molecule has 90 valence electrons. The first kappa shape index (κ1) is 14.2. The summed E-state index contributed by atoms with van der Waals surface area (Å²) in [4.78, 5) is 13.2. The molecular weight excluding hydrogens is 196 g/mol. The predicted octanol–water partition coefficient (Wildman–Crippen LogP) is 0.437. The molecule has 2 N–H and O–H groups in total. The Morgan fingerprint density at radius 3 is 2.67 bits per heavy atom. The quantitative estimate of drug-likeness (QED) is 0.620. The Labute approximate surface area is 91.4 Å². The topological polar surface area (TPSA) is 61.8 Å². The van der Waals surface area contributed by atoms with Crippen LogP contribution in [0.25, 0.3) is 0 Å². The summed E-state index contributed by atoms with van der Waals surface area (Å²) >= 11 is 0. The fraction of sp³-hybridized carbons (Fsp3) is 0.900. The normalized spacial score (nSPS) is 10.4. The number of aliphatic hydroxyl groups excluding tert-OH is 1. The second-order valence-electron chi connectivity index (χ2n) is 3.22. The summed E-state index contributed by atoms with van der Waals surface area (Å²) in [6, 6.07) is 0. The molecule has 0 saturated carbocycles. The van der Waals surface area contributed by atoms with E-state index in [-0.39, 0.29) is 13.2 Å². The number of nitrogens with one attached hydrogen (secondary N) is 1. The second-order valence-corrected chi connectivity index (χ2v) is 3.22. The minimum Gasteiger partial charge on any atom is -0.447 e. The zero-order valence-electron chi connectivity index (χ0n) is 9.66. The van der Waals surface area contributed by atoms with E-state index in [0.717, 1.165) is 26.1 Å². The van der Waals surface area contributed by atoms with E-state index in [2.05, 4.69) is 28.8 Å². The van der Waals surface area contributed by atoms with Crippen LogP contribution in [0.5, 0.6) is 0 Å². The van der Waals surface area contributed by atoms with Crippen molar-refractivity contribution in [1.29, 1.82) is 0 Å². The second kappa shape index (κ2) is 9.73. The van der Waals surface area contributed by atoms with Crippen LogP contribution in [0, 0.1) is 0 Å². The van der Waals surface area contributed by atoms with Crippen LogP contribution >= 0.6 is 0 Å². The monoisotopic (exact) mass is 218 g/mol. The molecule has 5 heteroatoms. The van der Waals surface area contributed by atoms with Crippen LogP contribution in [0.1, 0.15) is 20.3 Å². The molecule has 0 aromatic heterocycles. The van der Waals surface area contributed by atoms with Gasteiger partial charge in [-0.25, -0.2) is 4.79 Å². The third-order valence-corrected chi connectivity index (χ3v) is 2.01. The Hall–Kier alpha value is -0.810. The van der Waals surface area contributed by atoms with Crippen LogP contribution in [0.2, 0.25) is 0 Å². The van der Waals surface area contributed by atoms with Crippen molar-refractivity contribution in [2.45, 2.75) is 20.3 Å². The molecular formula is C10H22N2O3. The molecule has 0 aliphatic carbocycles. The number of hydrogen-bond donors (Lipinski definition) is 2.